The van der Waals surface area contributed by atoms with E-state index < -0.39 is 16.0 Å². The lowest BCUT2D eigenvalue weighted by Crippen LogP contribution is -2.39. The molecule has 0 atom stereocenters. The number of nitrogens with zero attached hydrogens (tertiary/aromatic N) is 2. The van der Waals surface area contributed by atoms with Gasteiger partial charge in [-0.2, -0.15) is 0 Å². The van der Waals surface area contributed by atoms with E-state index in [1.807, 2.05) is 0 Å². The lowest BCUT2D eigenvalue weighted by molar-refractivity contribution is -0.128. The monoisotopic (exact) mass is 371 g/mol. The highest BCUT2D eigenvalue weighted by atomic mass is 32.2. The van der Waals surface area contributed by atoms with E-state index in [1.54, 1.807) is 37.3 Å². The number of amides is 1. The number of carbonyl (C=O) groups is 2. The molecule has 0 radical (unpaired) electrons. The zero-order chi connectivity index (χ0) is 18.8. The minimum Gasteiger partial charge on any atom is -0.462 e. The zero-order valence-electron chi connectivity index (χ0n) is 15.1. The van der Waals surface area contributed by atoms with Gasteiger partial charge in [0, 0.05) is 31.5 Å². The van der Waals surface area contributed by atoms with Crippen LogP contribution < -0.4 is 4.72 Å². The summed E-state index contributed by atoms with van der Waals surface area (Å²) in [5, 5.41) is 0. The normalized spacial score (nSPS) is 14.8. The van der Waals surface area contributed by atoms with Crippen molar-refractivity contribution in [3.8, 4) is 0 Å². The number of carbonyl (C=O) groups excluding carboxylic acids is 2. The molecule has 1 saturated heterocycles. The summed E-state index contributed by atoms with van der Waals surface area (Å²) in [6.45, 7) is 6.06. The number of nitrogens with one attached hydrogen (secondary N) is 1. The van der Waals surface area contributed by atoms with Crippen LogP contribution >= 0.6 is 0 Å². The third-order valence-corrected chi connectivity index (χ3v) is 6.11. The van der Waals surface area contributed by atoms with Crippen molar-refractivity contribution < 1.29 is 22.7 Å². The van der Waals surface area contributed by atoms with Crippen LogP contribution in [-0.2, 0) is 26.6 Å². The molecule has 0 spiro atoms. The number of ether oxygens (including phenoxy) is 1. The van der Waals surface area contributed by atoms with Crippen LogP contribution in [0.3, 0.4) is 0 Å². The summed E-state index contributed by atoms with van der Waals surface area (Å²) in [5.74, 6) is -0.945. The van der Waals surface area contributed by atoms with E-state index in [9.17, 15) is 18.0 Å². The van der Waals surface area contributed by atoms with Gasteiger partial charge in [0.1, 0.15) is 10.5 Å². The molecule has 8 nitrogen and oxygen atoms in total. The Morgan fingerprint density at radius 3 is 2.32 bits per heavy atom. The maximum Gasteiger partial charge on any atom is 0.341 e. The van der Waals surface area contributed by atoms with Gasteiger partial charge in [0.05, 0.1) is 13.2 Å². The largest absolute Gasteiger partial charge is 0.462 e. The quantitative estimate of drug-likeness (QED) is 0.743. The van der Waals surface area contributed by atoms with E-state index in [0.717, 1.165) is 12.8 Å². The fraction of sp³-hybridized carbons (Fsp3) is 0.625. The molecule has 0 bridgehead atoms. The molecule has 9 heteroatoms. The van der Waals surface area contributed by atoms with Gasteiger partial charge in [-0.3, -0.25) is 4.79 Å². The summed E-state index contributed by atoms with van der Waals surface area (Å²) in [7, 11) is -2.35. The molecule has 1 aromatic heterocycles. The second-order valence-corrected chi connectivity index (χ2v) is 7.77. The Morgan fingerprint density at radius 1 is 1.16 bits per heavy atom. The van der Waals surface area contributed by atoms with Gasteiger partial charge < -0.3 is 14.2 Å². The minimum absolute atomic E-state index is 0.0166. The van der Waals surface area contributed by atoms with Gasteiger partial charge in [0.15, 0.2) is 0 Å². The molecule has 0 saturated carbocycles. The van der Waals surface area contributed by atoms with Crippen LogP contribution in [0.2, 0.25) is 0 Å². The van der Waals surface area contributed by atoms with Crippen molar-refractivity contribution in [2.45, 2.75) is 38.5 Å². The van der Waals surface area contributed by atoms with Crippen LogP contribution in [0.25, 0.3) is 0 Å². The summed E-state index contributed by atoms with van der Waals surface area (Å²) in [4.78, 5) is 25.9. The fourth-order valence-electron chi connectivity index (χ4n) is 3.00. The lowest BCUT2D eigenvalue weighted by atomic mass is 10.2. The molecule has 25 heavy (non-hydrogen) atoms. The van der Waals surface area contributed by atoms with Crippen LogP contribution in [0.4, 0.5) is 0 Å². The van der Waals surface area contributed by atoms with Crippen LogP contribution in [-0.4, -0.2) is 56.0 Å². The molecule has 1 aromatic rings. The predicted octanol–water partition coefficient (Wildman–Crippen LogP) is 0.719. The molecule has 1 aliphatic heterocycles. The summed E-state index contributed by atoms with van der Waals surface area (Å²) in [5.41, 5.74) is 0.937. The molecule has 1 N–H and O–H groups in total. The first-order valence-electron chi connectivity index (χ1n) is 8.31. The van der Waals surface area contributed by atoms with Gasteiger partial charge >= 0.3 is 5.97 Å². The van der Waals surface area contributed by atoms with E-state index in [4.69, 9.17) is 4.74 Å². The lowest BCUT2D eigenvalue weighted by Gasteiger charge is -2.16. The van der Waals surface area contributed by atoms with Crippen molar-refractivity contribution in [2.75, 3.05) is 26.2 Å². The summed E-state index contributed by atoms with van der Waals surface area (Å²) in [6, 6.07) is 0. The number of hydrogen-bond donors (Lipinski definition) is 1. The maximum absolute atomic E-state index is 12.8. The van der Waals surface area contributed by atoms with Gasteiger partial charge in [-0.1, -0.05) is 0 Å². The zero-order valence-corrected chi connectivity index (χ0v) is 15.9. The predicted molar refractivity (Wildman–Crippen MR) is 91.8 cm³/mol. The molecule has 0 aliphatic carbocycles. The highest BCUT2D eigenvalue weighted by Gasteiger charge is 2.32. The highest BCUT2D eigenvalue weighted by Crippen LogP contribution is 2.26. The van der Waals surface area contributed by atoms with E-state index >= 15 is 0 Å². The molecular formula is C16H25N3O5S. The van der Waals surface area contributed by atoms with Gasteiger partial charge in [-0.25, -0.2) is 17.9 Å². The molecule has 140 valence electrons. The fourth-order valence-corrected chi connectivity index (χ4v) is 4.48. The summed E-state index contributed by atoms with van der Waals surface area (Å²) in [6.07, 6.45) is 1.87. The van der Waals surface area contributed by atoms with Gasteiger partial charge in [-0.05, 0) is 33.6 Å². The first-order valence-corrected chi connectivity index (χ1v) is 9.79. The van der Waals surface area contributed by atoms with Crippen molar-refractivity contribution in [1.29, 1.82) is 0 Å². The topological polar surface area (TPSA) is 97.7 Å². The molecule has 1 fully saturated rings. The second kappa shape index (κ2) is 7.57. The first kappa shape index (κ1) is 19.5. The number of hydrogen-bond acceptors (Lipinski definition) is 5. The van der Waals surface area contributed by atoms with Crippen molar-refractivity contribution in [1.82, 2.24) is 14.2 Å². The van der Waals surface area contributed by atoms with Gasteiger partial charge in [0.2, 0.25) is 15.9 Å². The van der Waals surface area contributed by atoms with E-state index in [1.165, 1.54) is 0 Å². The van der Waals surface area contributed by atoms with Crippen LogP contribution in [0, 0.1) is 13.8 Å². The van der Waals surface area contributed by atoms with Gasteiger partial charge in [-0.15, -0.1) is 0 Å². The standard InChI is InChI=1S/C16H25N3O5S/c1-5-24-16(21)14-11(2)18(4)12(3)15(14)25(22,23)17-10-13(20)19-8-6-7-9-19/h17H,5-10H2,1-4H3. The Balaban J connectivity index is 2.30. The number of aromatic nitrogens is 1. The molecular weight excluding hydrogens is 346 g/mol. The SMILES string of the molecule is CCOC(=O)c1c(S(=O)(=O)NCC(=O)N2CCCC2)c(C)n(C)c1C. The third-order valence-electron chi connectivity index (χ3n) is 4.54. The van der Waals surface area contributed by atoms with Crippen LogP contribution in [0.15, 0.2) is 4.90 Å². The average molecular weight is 371 g/mol. The molecule has 1 aliphatic rings. The Hall–Kier alpha value is -1.87. The molecule has 0 aromatic carbocycles. The Morgan fingerprint density at radius 2 is 1.76 bits per heavy atom. The van der Waals surface area contributed by atoms with E-state index in [0.29, 0.717) is 24.5 Å². The number of esters is 1. The van der Waals surface area contributed by atoms with Crippen molar-refractivity contribution >= 4 is 21.9 Å². The minimum atomic E-state index is -4.03. The first-order chi connectivity index (χ1) is 11.7. The number of rotatable bonds is 6. The van der Waals surface area contributed by atoms with Crippen molar-refractivity contribution in [3.05, 3.63) is 17.0 Å². The number of likely N-dealkylation sites (tertiary alicyclic amines) is 1. The van der Waals surface area contributed by atoms with E-state index in [2.05, 4.69) is 4.72 Å². The molecule has 2 heterocycles. The summed E-state index contributed by atoms with van der Waals surface area (Å²) < 4.78 is 34.5. The van der Waals surface area contributed by atoms with Crippen molar-refractivity contribution in [3.63, 3.8) is 0 Å². The van der Waals surface area contributed by atoms with E-state index in [-0.39, 0.29) is 29.5 Å². The molecule has 1 amide bonds. The smallest absolute Gasteiger partial charge is 0.341 e. The highest BCUT2D eigenvalue weighted by molar-refractivity contribution is 7.89. The number of sulfonamides is 1. The molecule has 0 unspecified atom stereocenters. The van der Waals surface area contributed by atoms with Crippen LogP contribution in [0.1, 0.15) is 41.5 Å². The van der Waals surface area contributed by atoms with Crippen LogP contribution in [0.5, 0.6) is 0 Å². The Labute approximate surface area is 148 Å². The average Bonchev–Trinajstić information content (AvgIpc) is 3.16. The Kier molecular flexibility index (Phi) is 5.89. The van der Waals surface area contributed by atoms with Crippen molar-refractivity contribution in [2.24, 2.45) is 7.05 Å². The molecule has 2 rings (SSSR count). The third kappa shape index (κ3) is 3.87. The van der Waals surface area contributed by atoms with Gasteiger partial charge in [0.25, 0.3) is 0 Å². The maximum atomic E-state index is 12.8. The second-order valence-electron chi connectivity index (χ2n) is 6.07. The summed E-state index contributed by atoms with van der Waals surface area (Å²) >= 11 is 0. The Bertz CT molecular complexity index is 776.